The van der Waals surface area contributed by atoms with E-state index in [0.717, 1.165) is 10.9 Å². The molecule has 2 atom stereocenters. The number of nitrogens with zero attached hydrogens (tertiary/aromatic N) is 1. The molecule has 104 valence electrons. The first-order valence-corrected chi connectivity index (χ1v) is 7.13. The Balaban J connectivity index is 2.20. The summed E-state index contributed by atoms with van der Waals surface area (Å²) < 4.78 is 5.89. The quantitative estimate of drug-likeness (QED) is 0.906. The third-order valence-corrected chi connectivity index (χ3v) is 4.30. The summed E-state index contributed by atoms with van der Waals surface area (Å²) in [5.74, 6) is 0.826. The second kappa shape index (κ2) is 5.92. The Kier molecular flexibility index (Phi) is 4.47. The molecule has 0 aliphatic carbocycles. The van der Waals surface area contributed by atoms with E-state index in [0.29, 0.717) is 24.4 Å². The lowest BCUT2D eigenvalue weighted by Gasteiger charge is -2.34. The number of ether oxygens (including phenoxy) is 1. The maximum absolute atomic E-state index is 12.5. The van der Waals surface area contributed by atoms with Gasteiger partial charge in [-0.25, -0.2) is 0 Å². The summed E-state index contributed by atoms with van der Waals surface area (Å²) in [6.07, 6.45) is 0.385. The highest BCUT2D eigenvalue weighted by atomic mass is 79.9. The Morgan fingerprint density at radius 1 is 1.53 bits per heavy atom. The lowest BCUT2D eigenvalue weighted by molar-refractivity contribution is 0.0248. The highest BCUT2D eigenvalue weighted by molar-refractivity contribution is 9.10. The number of methoxy groups -OCH3 is 1. The van der Waals surface area contributed by atoms with Gasteiger partial charge in [0.1, 0.15) is 5.75 Å². The van der Waals surface area contributed by atoms with E-state index in [2.05, 4.69) is 15.9 Å². The average Bonchev–Trinajstić information content (AvgIpc) is 2.41. The number of amides is 1. The van der Waals surface area contributed by atoms with Gasteiger partial charge in [-0.2, -0.15) is 0 Å². The van der Waals surface area contributed by atoms with Gasteiger partial charge < -0.3 is 14.7 Å². The summed E-state index contributed by atoms with van der Waals surface area (Å²) in [7, 11) is 1.57. The first-order chi connectivity index (χ1) is 9.02. The number of β-amino-alcohol motifs (C(OH)–C–C–N with tert-alkyl or cyclic N) is 1. The van der Waals surface area contributed by atoms with E-state index in [1.54, 1.807) is 30.2 Å². The zero-order valence-corrected chi connectivity index (χ0v) is 12.7. The minimum Gasteiger partial charge on any atom is -0.497 e. The minimum absolute atomic E-state index is 0.0725. The normalized spacial score (nSPS) is 23.3. The van der Waals surface area contributed by atoms with Crippen LogP contribution in [0.15, 0.2) is 22.7 Å². The molecular formula is C14H18BrNO3. The highest BCUT2D eigenvalue weighted by Gasteiger charge is 2.28. The monoisotopic (exact) mass is 327 g/mol. The van der Waals surface area contributed by atoms with Crippen LogP contribution in [-0.2, 0) is 0 Å². The second-order valence-corrected chi connectivity index (χ2v) is 5.78. The van der Waals surface area contributed by atoms with Gasteiger partial charge in [0, 0.05) is 17.6 Å². The van der Waals surface area contributed by atoms with Crippen LogP contribution in [0.5, 0.6) is 5.75 Å². The molecule has 1 fully saturated rings. The number of rotatable bonds is 2. The van der Waals surface area contributed by atoms with Crippen molar-refractivity contribution in [3.05, 3.63) is 28.2 Å². The number of carbonyl (C=O) groups excluding carboxylic acids is 1. The van der Waals surface area contributed by atoms with E-state index in [1.807, 2.05) is 6.92 Å². The number of piperidine rings is 1. The van der Waals surface area contributed by atoms with Crippen molar-refractivity contribution in [2.24, 2.45) is 5.92 Å². The van der Waals surface area contributed by atoms with Gasteiger partial charge in [0.25, 0.3) is 5.91 Å². The van der Waals surface area contributed by atoms with Crippen LogP contribution in [0.25, 0.3) is 0 Å². The largest absolute Gasteiger partial charge is 0.497 e. The van der Waals surface area contributed by atoms with Crippen LogP contribution in [0.1, 0.15) is 23.7 Å². The third-order valence-electron chi connectivity index (χ3n) is 3.61. The van der Waals surface area contributed by atoms with E-state index < -0.39 is 6.10 Å². The smallest absolute Gasteiger partial charge is 0.255 e. The Hall–Kier alpha value is -1.07. The molecular weight excluding hydrogens is 310 g/mol. The molecule has 1 aliphatic heterocycles. The molecule has 2 rings (SSSR count). The molecule has 2 unspecified atom stereocenters. The van der Waals surface area contributed by atoms with Crippen molar-refractivity contribution in [2.75, 3.05) is 20.2 Å². The van der Waals surface area contributed by atoms with Crippen LogP contribution in [0.3, 0.4) is 0 Å². The molecule has 19 heavy (non-hydrogen) atoms. The first kappa shape index (κ1) is 14.3. The maximum atomic E-state index is 12.5. The van der Waals surface area contributed by atoms with Gasteiger partial charge in [0.05, 0.1) is 18.8 Å². The molecule has 1 amide bonds. The van der Waals surface area contributed by atoms with E-state index in [1.165, 1.54) is 0 Å². The van der Waals surface area contributed by atoms with E-state index >= 15 is 0 Å². The predicted octanol–water partition coefficient (Wildman–Crippen LogP) is 2.30. The van der Waals surface area contributed by atoms with E-state index in [-0.39, 0.29) is 11.8 Å². The summed E-state index contributed by atoms with van der Waals surface area (Å²) >= 11 is 3.39. The van der Waals surface area contributed by atoms with Crippen LogP contribution in [0.2, 0.25) is 0 Å². The molecule has 0 radical (unpaired) electrons. The van der Waals surface area contributed by atoms with Crippen LogP contribution >= 0.6 is 15.9 Å². The molecule has 0 bridgehead atoms. The molecule has 0 saturated carbocycles. The van der Waals surface area contributed by atoms with Gasteiger partial charge in [0.15, 0.2) is 0 Å². The number of benzene rings is 1. The summed E-state index contributed by atoms with van der Waals surface area (Å²) in [6, 6.07) is 5.32. The Labute approximate surface area is 121 Å². The van der Waals surface area contributed by atoms with Crippen molar-refractivity contribution in [3.8, 4) is 5.75 Å². The average molecular weight is 328 g/mol. The third kappa shape index (κ3) is 3.09. The fourth-order valence-electron chi connectivity index (χ4n) is 2.20. The zero-order valence-electron chi connectivity index (χ0n) is 11.1. The number of aliphatic hydroxyl groups excluding tert-OH is 1. The summed E-state index contributed by atoms with van der Waals surface area (Å²) in [5, 5.41) is 9.88. The number of likely N-dealkylation sites (tertiary alicyclic amines) is 1. The molecule has 1 N–H and O–H groups in total. The highest BCUT2D eigenvalue weighted by Crippen LogP contribution is 2.26. The summed E-state index contributed by atoms with van der Waals surface area (Å²) in [6.45, 7) is 3.08. The lowest BCUT2D eigenvalue weighted by Crippen LogP contribution is -2.45. The van der Waals surface area contributed by atoms with Gasteiger partial charge in [-0.05, 0) is 46.5 Å². The number of carbonyl (C=O) groups is 1. The Morgan fingerprint density at radius 2 is 2.26 bits per heavy atom. The van der Waals surface area contributed by atoms with E-state index in [9.17, 15) is 9.90 Å². The van der Waals surface area contributed by atoms with Crippen LogP contribution in [0.4, 0.5) is 0 Å². The van der Waals surface area contributed by atoms with Crippen LogP contribution < -0.4 is 4.74 Å². The van der Waals surface area contributed by atoms with Crippen molar-refractivity contribution < 1.29 is 14.6 Å². The van der Waals surface area contributed by atoms with Gasteiger partial charge >= 0.3 is 0 Å². The SMILES string of the molecule is COc1ccc(Br)c(C(=O)N2CCC(C)C(O)C2)c1. The Bertz CT molecular complexity index is 478. The standard InChI is InChI=1S/C14H18BrNO3/c1-9-5-6-16(8-13(9)17)14(18)11-7-10(19-2)3-4-12(11)15/h3-4,7,9,13,17H,5-6,8H2,1-2H3. The van der Waals surface area contributed by atoms with Gasteiger partial charge in [-0.15, -0.1) is 0 Å². The first-order valence-electron chi connectivity index (χ1n) is 6.33. The van der Waals surface area contributed by atoms with Crippen molar-refractivity contribution in [2.45, 2.75) is 19.4 Å². The van der Waals surface area contributed by atoms with Gasteiger partial charge in [-0.3, -0.25) is 4.79 Å². The number of hydrogen-bond donors (Lipinski definition) is 1. The second-order valence-electron chi connectivity index (χ2n) is 4.93. The molecule has 1 aromatic carbocycles. The van der Waals surface area contributed by atoms with Crippen LogP contribution in [-0.4, -0.2) is 42.2 Å². The topological polar surface area (TPSA) is 49.8 Å². The molecule has 1 aromatic rings. The van der Waals surface area contributed by atoms with Crippen molar-refractivity contribution >= 4 is 21.8 Å². The predicted molar refractivity (Wildman–Crippen MR) is 76.4 cm³/mol. The molecule has 0 spiro atoms. The van der Waals surface area contributed by atoms with Gasteiger partial charge in [0.2, 0.25) is 0 Å². The molecule has 0 aromatic heterocycles. The summed E-state index contributed by atoms with van der Waals surface area (Å²) in [4.78, 5) is 14.2. The molecule has 1 aliphatic rings. The van der Waals surface area contributed by atoms with Gasteiger partial charge in [-0.1, -0.05) is 6.92 Å². The lowest BCUT2D eigenvalue weighted by atomic mass is 9.95. The Morgan fingerprint density at radius 3 is 2.89 bits per heavy atom. The molecule has 5 heteroatoms. The number of hydrogen-bond acceptors (Lipinski definition) is 3. The van der Waals surface area contributed by atoms with Crippen molar-refractivity contribution in [3.63, 3.8) is 0 Å². The maximum Gasteiger partial charge on any atom is 0.255 e. The minimum atomic E-state index is -0.443. The molecule has 1 heterocycles. The number of halogens is 1. The van der Waals surface area contributed by atoms with E-state index in [4.69, 9.17) is 4.74 Å². The van der Waals surface area contributed by atoms with Crippen LogP contribution in [0, 0.1) is 5.92 Å². The fraction of sp³-hybridized carbons (Fsp3) is 0.500. The fourth-order valence-corrected chi connectivity index (χ4v) is 2.62. The zero-order chi connectivity index (χ0) is 14.0. The summed E-state index contributed by atoms with van der Waals surface area (Å²) in [5.41, 5.74) is 0.570. The van der Waals surface area contributed by atoms with Crippen molar-refractivity contribution in [1.82, 2.24) is 4.90 Å². The number of aliphatic hydroxyl groups is 1. The van der Waals surface area contributed by atoms with Crippen molar-refractivity contribution in [1.29, 1.82) is 0 Å². The molecule has 4 nitrogen and oxygen atoms in total. The molecule has 1 saturated heterocycles.